The summed E-state index contributed by atoms with van der Waals surface area (Å²) in [6.07, 6.45) is 3.37. The smallest absolute Gasteiger partial charge is 0.0132 e. The van der Waals surface area contributed by atoms with E-state index in [1.54, 1.807) is 0 Å². The van der Waals surface area contributed by atoms with Gasteiger partial charge < -0.3 is 5.32 Å². The van der Waals surface area contributed by atoms with E-state index in [4.69, 9.17) is 0 Å². The minimum Gasteiger partial charge on any atom is -0.311 e. The molecule has 2 unspecified atom stereocenters. The van der Waals surface area contributed by atoms with Gasteiger partial charge in [0, 0.05) is 17.8 Å². The Morgan fingerprint density at radius 3 is 2.30 bits per heavy atom. The average molecular weight is 161 g/mol. The molecule has 10 heavy (non-hydrogen) atoms. The second-order valence-corrected chi connectivity index (χ2v) is 3.74. The summed E-state index contributed by atoms with van der Waals surface area (Å²) in [6.45, 7) is 6.68. The molecule has 62 valence electrons. The Labute approximate surface area is 69.0 Å². The lowest BCUT2D eigenvalue weighted by Crippen LogP contribution is -2.35. The van der Waals surface area contributed by atoms with E-state index in [9.17, 15) is 0 Å². The Hall–Kier alpha value is 0.310. The van der Waals surface area contributed by atoms with Crippen molar-refractivity contribution < 1.29 is 0 Å². The van der Waals surface area contributed by atoms with Crippen molar-refractivity contribution in [2.75, 3.05) is 12.0 Å². The van der Waals surface area contributed by atoms with Crippen LogP contribution in [0.15, 0.2) is 0 Å². The van der Waals surface area contributed by atoms with Crippen molar-refractivity contribution in [2.24, 2.45) is 0 Å². The molecule has 0 spiro atoms. The highest BCUT2D eigenvalue weighted by Gasteiger charge is 2.03. The molecule has 2 atom stereocenters. The van der Waals surface area contributed by atoms with E-state index in [1.165, 1.54) is 12.2 Å². The standard InChI is InChI=1S/C8H19NS/c1-5-7(2)9-8(3)6-10-4/h7-9H,5-6H2,1-4H3. The predicted molar refractivity (Wildman–Crippen MR) is 50.7 cm³/mol. The second kappa shape index (κ2) is 6.05. The third-order valence-corrected chi connectivity index (χ3v) is 2.43. The first-order valence-electron chi connectivity index (χ1n) is 3.95. The first-order chi connectivity index (χ1) is 4.70. The van der Waals surface area contributed by atoms with Crippen LogP contribution in [-0.4, -0.2) is 24.1 Å². The maximum absolute atomic E-state index is 3.51. The number of nitrogens with one attached hydrogen (secondary N) is 1. The summed E-state index contributed by atoms with van der Waals surface area (Å²) in [4.78, 5) is 0. The summed E-state index contributed by atoms with van der Waals surface area (Å²) in [5.41, 5.74) is 0. The molecule has 0 amide bonds. The highest BCUT2D eigenvalue weighted by atomic mass is 32.2. The third-order valence-electron chi connectivity index (χ3n) is 1.60. The normalized spacial score (nSPS) is 16.8. The zero-order valence-electron chi connectivity index (χ0n) is 7.48. The quantitative estimate of drug-likeness (QED) is 0.663. The molecule has 0 saturated heterocycles. The summed E-state index contributed by atoms with van der Waals surface area (Å²) in [5.74, 6) is 1.21. The summed E-state index contributed by atoms with van der Waals surface area (Å²) < 4.78 is 0. The molecular formula is C8H19NS. The van der Waals surface area contributed by atoms with Gasteiger partial charge in [-0.2, -0.15) is 11.8 Å². The van der Waals surface area contributed by atoms with Gasteiger partial charge in [-0.1, -0.05) is 6.92 Å². The molecule has 0 aromatic heterocycles. The SMILES string of the molecule is CCC(C)NC(C)CSC. The number of hydrogen-bond donors (Lipinski definition) is 1. The van der Waals surface area contributed by atoms with Crippen molar-refractivity contribution in [1.29, 1.82) is 0 Å². The molecule has 0 fully saturated rings. The Morgan fingerprint density at radius 1 is 1.30 bits per heavy atom. The van der Waals surface area contributed by atoms with Crippen LogP contribution >= 0.6 is 11.8 Å². The van der Waals surface area contributed by atoms with Crippen molar-refractivity contribution in [3.63, 3.8) is 0 Å². The van der Waals surface area contributed by atoms with Gasteiger partial charge in [0.2, 0.25) is 0 Å². The molecule has 2 heteroatoms. The first kappa shape index (κ1) is 10.3. The maximum Gasteiger partial charge on any atom is 0.0132 e. The average Bonchev–Trinajstić information content (AvgIpc) is 1.88. The van der Waals surface area contributed by atoms with Crippen LogP contribution in [0.4, 0.5) is 0 Å². The lowest BCUT2D eigenvalue weighted by molar-refractivity contribution is 0.484. The van der Waals surface area contributed by atoms with Crippen molar-refractivity contribution in [2.45, 2.75) is 39.3 Å². The Balaban J connectivity index is 3.27. The second-order valence-electron chi connectivity index (χ2n) is 2.83. The molecule has 0 aliphatic rings. The van der Waals surface area contributed by atoms with Crippen LogP contribution in [0.5, 0.6) is 0 Å². The van der Waals surface area contributed by atoms with Gasteiger partial charge in [0.1, 0.15) is 0 Å². The van der Waals surface area contributed by atoms with Crippen LogP contribution in [0.1, 0.15) is 27.2 Å². The van der Waals surface area contributed by atoms with Crippen molar-refractivity contribution in [3.05, 3.63) is 0 Å². The van der Waals surface area contributed by atoms with Crippen LogP contribution in [-0.2, 0) is 0 Å². The molecule has 1 N–H and O–H groups in total. The van der Waals surface area contributed by atoms with Gasteiger partial charge in [-0.25, -0.2) is 0 Å². The van der Waals surface area contributed by atoms with Crippen LogP contribution in [0.3, 0.4) is 0 Å². The van der Waals surface area contributed by atoms with Gasteiger partial charge in [0.25, 0.3) is 0 Å². The fourth-order valence-electron chi connectivity index (χ4n) is 0.902. The summed E-state index contributed by atoms with van der Waals surface area (Å²) in [7, 11) is 0. The van der Waals surface area contributed by atoms with Crippen molar-refractivity contribution >= 4 is 11.8 Å². The molecule has 0 rings (SSSR count). The molecule has 0 aromatic rings. The Bertz CT molecular complexity index is 75.7. The molecule has 1 nitrogen and oxygen atoms in total. The minimum atomic E-state index is 0.657. The zero-order chi connectivity index (χ0) is 7.98. The monoisotopic (exact) mass is 161 g/mol. The fourth-order valence-corrected chi connectivity index (χ4v) is 1.50. The predicted octanol–water partition coefficient (Wildman–Crippen LogP) is 2.13. The van der Waals surface area contributed by atoms with Gasteiger partial charge in [0.15, 0.2) is 0 Å². The van der Waals surface area contributed by atoms with Crippen LogP contribution in [0.25, 0.3) is 0 Å². The highest BCUT2D eigenvalue weighted by molar-refractivity contribution is 7.98. The molecular weight excluding hydrogens is 142 g/mol. The number of hydrogen-bond acceptors (Lipinski definition) is 2. The van der Waals surface area contributed by atoms with Gasteiger partial charge in [0.05, 0.1) is 0 Å². The van der Waals surface area contributed by atoms with Crippen LogP contribution in [0.2, 0.25) is 0 Å². The van der Waals surface area contributed by atoms with E-state index in [0.29, 0.717) is 12.1 Å². The summed E-state index contributed by atoms with van der Waals surface area (Å²) in [5, 5.41) is 3.51. The Morgan fingerprint density at radius 2 is 1.90 bits per heavy atom. The lowest BCUT2D eigenvalue weighted by Gasteiger charge is -2.17. The number of rotatable bonds is 5. The fraction of sp³-hybridized carbons (Fsp3) is 1.00. The first-order valence-corrected chi connectivity index (χ1v) is 5.35. The summed E-state index contributed by atoms with van der Waals surface area (Å²) >= 11 is 1.90. The summed E-state index contributed by atoms with van der Waals surface area (Å²) in [6, 6.07) is 1.33. The van der Waals surface area contributed by atoms with E-state index in [-0.39, 0.29) is 0 Å². The van der Waals surface area contributed by atoms with E-state index in [2.05, 4.69) is 32.3 Å². The molecule has 0 aromatic carbocycles. The number of thioether (sulfide) groups is 1. The van der Waals surface area contributed by atoms with Gasteiger partial charge in [-0.05, 0) is 26.5 Å². The Kier molecular flexibility index (Phi) is 6.24. The molecule has 0 heterocycles. The van der Waals surface area contributed by atoms with Crippen molar-refractivity contribution in [3.8, 4) is 0 Å². The lowest BCUT2D eigenvalue weighted by atomic mass is 10.2. The van der Waals surface area contributed by atoms with E-state index in [0.717, 1.165) is 0 Å². The van der Waals surface area contributed by atoms with Gasteiger partial charge in [-0.15, -0.1) is 0 Å². The topological polar surface area (TPSA) is 12.0 Å². The van der Waals surface area contributed by atoms with Gasteiger partial charge in [-0.3, -0.25) is 0 Å². The molecule has 0 aliphatic heterocycles. The molecule has 0 bridgehead atoms. The molecule has 0 aliphatic carbocycles. The van der Waals surface area contributed by atoms with Crippen LogP contribution in [0, 0.1) is 0 Å². The third kappa shape index (κ3) is 5.12. The molecule has 0 radical (unpaired) electrons. The highest BCUT2D eigenvalue weighted by Crippen LogP contribution is 1.98. The molecule has 0 saturated carbocycles. The maximum atomic E-state index is 3.51. The van der Waals surface area contributed by atoms with Crippen molar-refractivity contribution in [1.82, 2.24) is 5.32 Å². The van der Waals surface area contributed by atoms with E-state index < -0.39 is 0 Å². The van der Waals surface area contributed by atoms with Gasteiger partial charge >= 0.3 is 0 Å². The van der Waals surface area contributed by atoms with Crippen LogP contribution < -0.4 is 5.32 Å². The largest absolute Gasteiger partial charge is 0.311 e. The van der Waals surface area contributed by atoms with E-state index in [1.807, 2.05) is 11.8 Å². The minimum absolute atomic E-state index is 0.657. The van der Waals surface area contributed by atoms with E-state index >= 15 is 0 Å². The zero-order valence-corrected chi connectivity index (χ0v) is 8.29.